The molecule has 0 saturated carbocycles. The van der Waals surface area contributed by atoms with Gasteiger partial charge in [-0.1, -0.05) is 0 Å². The summed E-state index contributed by atoms with van der Waals surface area (Å²) in [6.45, 7) is 2.27. The third kappa shape index (κ3) is 2.27. The molecule has 0 aliphatic heterocycles. The van der Waals surface area contributed by atoms with Crippen molar-refractivity contribution in [3.05, 3.63) is 22.7 Å². The number of nitrogens with one attached hydrogen (secondary N) is 1. The highest BCUT2D eigenvalue weighted by molar-refractivity contribution is 9.10. The average molecular weight is 230 g/mol. The maximum absolute atomic E-state index is 7.34. The molecule has 1 rings (SSSR count). The minimum absolute atomic E-state index is 0.00463. The van der Waals surface area contributed by atoms with Gasteiger partial charge >= 0.3 is 0 Å². The maximum Gasteiger partial charge on any atom is 0.252 e. The van der Waals surface area contributed by atoms with E-state index in [2.05, 4.69) is 25.9 Å². The number of hydrogen-bond donors (Lipinski definition) is 1. The fraction of sp³-hybridized carbons (Fsp3) is 0.286. The van der Waals surface area contributed by atoms with Gasteiger partial charge < -0.3 is 4.74 Å². The van der Waals surface area contributed by atoms with Gasteiger partial charge in [0.2, 0.25) is 5.82 Å². The van der Waals surface area contributed by atoms with Crippen LogP contribution in [0.15, 0.2) is 16.9 Å². The van der Waals surface area contributed by atoms with Crippen LogP contribution in [0.3, 0.4) is 0 Å². The van der Waals surface area contributed by atoms with Gasteiger partial charge in [0, 0.05) is 12.4 Å². The van der Waals surface area contributed by atoms with Crippen LogP contribution in [0.25, 0.3) is 0 Å². The van der Waals surface area contributed by atoms with E-state index in [1.807, 2.05) is 6.92 Å². The Morgan fingerprint density at radius 1 is 1.58 bits per heavy atom. The minimum atomic E-state index is 0.00463. The largest absolute Gasteiger partial charge is 0.476 e. The van der Waals surface area contributed by atoms with Gasteiger partial charge in [-0.05, 0) is 22.9 Å². The summed E-state index contributed by atoms with van der Waals surface area (Å²) in [5.41, 5.74) is 0. The number of rotatable bonds is 2. The molecular formula is C7H8BrN3O. The molecule has 0 fully saturated rings. The Morgan fingerprint density at radius 2 is 2.17 bits per heavy atom. The monoisotopic (exact) mass is 229 g/mol. The molecule has 12 heavy (non-hydrogen) atoms. The van der Waals surface area contributed by atoms with Crippen LogP contribution in [-0.4, -0.2) is 22.5 Å². The highest BCUT2D eigenvalue weighted by Gasteiger charge is 2.03. The van der Waals surface area contributed by atoms with Gasteiger partial charge in [-0.3, -0.25) is 5.41 Å². The Hall–Kier alpha value is -0.970. The second kappa shape index (κ2) is 4.15. The zero-order chi connectivity index (χ0) is 8.97. The Bertz CT molecular complexity index is 272. The SMILES string of the molecule is CCOC(=N)c1ncc(Br)cn1. The van der Waals surface area contributed by atoms with Crippen LogP contribution < -0.4 is 0 Å². The van der Waals surface area contributed by atoms with E-state index in [1.54, 1.807) is 12.4 Å². The van der Waals surface area contributed by atoms with E-state index in [0.29, 0.717) is 12.4 Å². The lowest BCUT2D eigenvalue weighted by Gasteiger charge is -2.01. The molecule has 0 spiro atoms. The highest BCUT2D eigenvalue weighted by Crippen LogP contribution is 2.04. The van der Waals surface area contributed by atoms with Crippen LogP contribution in [0.5, 0.6) is 0 Å². The predicted octanol–water partition coefficient (Wildman–Crippen LogP) is 1.60. The molecule has 1 heterocycles. The van der Waals surface area contributed by atoms with Gasteiger partial charge in [0.1, 0.15) is 0 Å². The first-order valence-electron chi connectivity index (χ1n) is 3.43. The molecule has 1 aromatic heterocycles. The number of halogens is 1. The van der Waals surface area contributed by atoms with Crippen molar-refractivity contribution in [2.75, 3.05) is 6.61 Å². The van der Waals surface area contributed by atoms with Crippen molar-refractivity contribution >= 4 is 21.8 Å². The van der Waals surface area contributed by atoms with E-state index in [1.165, 1.54) is 0 Å². The summed E-state index contributed by atoms with van der Waals surface area (Å²) in [4.78, 5) is 7.78. The molecule has 0 unspecified atom stereocenters. The second-order valence-corrected chi connectivity index (χ2v) is 2.90. The third-order valence-electron chi connectivity index (χ3n) is 1.11. The standard InChI is InChI=1S/C7H8BrN3O/c1-2-12-6(9)7-10-3-5(8)4-11-7/h3-4,9H,2H2,1H3. The summed E-state index contributed by atoms with van der Waals surface area (Å²) in [5.74, 6) is 0.310. The second-order valence-electron chi connectivity index (χ2n) is 1.99. The van der Waals surface area contributed by atoms with E-state index in [0.717, 1.165) is 4.47 Å². The highest BCUT2D eigenvalue weighted by atomic mass is 79.9. The molecule has 0 radical (unpaired) electrons. The number of hydrogen-bond acceptors (Lipinski definition) is 4. The Kier molecular flexibility index (Phi) is 3.16. The number of ether oxygens (including phenoxy) is 1. The molecule has 0 aliphatic rings. The smallest absolute Gasteiger partial charge is 0.252 e. The normalized spacial score (nSPS) is 9.50. The van der Waals surface area contributed by atoms with Crippen molar-refractivity contribution in [2.45, 2.75) is 6.92 Å². The molecule has 5 heteroatoms. The van der Waals surface area contributed by atoms with E-state index >= 15 is 0 Å². The van der Waals surface area contributed by atoms with Crippen molar-refractivity contribution in [1.82, 2.24) is 9.97 Å². The lowest BCUT2D eigenvalue weighted by atomic mass is 10.5. The Labute approximate surface area is 78.6 Å². The lowest BCUT2D eigenvalue weighted by Crippen LogP contribution is -2.08. The van der Waals surface area contributed by atoms with Crippen LogP contribution in [0, 0.1) is 5.41 Å². The molecule has 64 valence electrons. The first kappa shape index (κ1) is 9.12. The average Bonchev–Trinajstić information content (AvgIpc) is 2.06. The van der Waals surface area contributed by atoms with Crippen molar-refractivity contribution < 1.29 is 4.74 Å². The zero-order valence-electron chi connectivity index (χ0n) is 6.54. The summed E-state index contributed by atoms with van der Waals surface area (Å²) >= 11 is 3.20. The minimum Gasteiger partial charge on any atom is -0.476 e. The Balaban J connectivity index is 2.75. The van der Waals surface area contributed by atoms with Crippen LogP contribution in [0.1, 0.15) is 12.7 Å². The fourth-order valence-electron chi connectivity index (χ4n) is 0.638. The lowest BCUT2D eigenvalue weighted by molar-refractivity contribution is 0.323. The van der Waals surface area contributed by atoms with Gasteiger partial charge in [0.05, 0.1) is 11.1 Å². The van der Waals surface area contributed by atoms with Crippen LogP contribution in [0.2, 0.25) is 0 Å². The van der Waals surface area contributed by atoms with E-state index in [9.17, 15) is 0 Å². The summed E-state index contributed by atoms with van der Waals surface area (Å²) in [6.07, 6.45) is 3.16. The topological polar surface area (TPSA) is 58.9 Å². The van der Waals surface area contributed by atoms with Crippen LogP contribution in [-0.2, 0) is 4.74 Å². The predicted molar refractivity (Wildman–Crippen MR) is 48.2 cm³/mol. The van der Waals surface area contributed by atoms with Crippen LogP contribution in [0.4, 0.5) is 0 Å². The van der Waals surface area contributed by atoms with Crippen LogP contribution >= 0.6 is 15.9 Å². The summed E-state index contributed by atoms with van der Waals surface area (Å²) in [5, 5.41) is 7.34. The summed E-state index contributed by atoms with van der Waals surface area (Å²) in [7, 11) is 0. The zero-order valence-corrected chi connectivity index (χ0v) is 8.13. The van der Waals surface area contributed by atoms with E-state index in [-0.39, 0.29) is 5.90 Å². The molecule has 0 saturated heterocycles. The molecule has 1 N–H and O–H groups in total. The quantitative estimate of drug-likeness (QED) is 0.620. The Morgan fingerprint density at radius 3 is 2.67 bits per heavy atom. The summed E-state index contributed by atoms with van der Waals surface area (Å²) < 4.78 is 5.70. The number of nitrogens with zero attached hydrogens (tertiary/aromatic N) is 2. The third-order valence-corrected chi connectivity index (χ3v) is 1.52. The van der Waals surface area contributed by atoms with E-state index in [4.69, 9.17) is 10.1 Å². The van der Waals surface area contributed by atoms with Gasteiger partial charge in [-0.15, -0.1) is 0 Å². The molecular weight excluding hydrogens is 222 g/mol. The fourth-order valence-corrected chi connectivity index (χ4v) is 0.843. The van der Waals surface area contributed by atoms with Crippen molar-refractivity contribution in [3.63, 3.8) is 0 Å². The van der Waals surface area contributed by atoms with Gasteiger partial charge in [-0.25, -0.2) is 9.97 Å². The maximum atomic E-state index is 7.34. The van der Waals surface area contributed by atoms with Crippen molar-refractivity contribution in [1.29, 1.82) is 5.41 Å². The van der Waals surface area contributed by atoms with Crippen molar-refractivity contribution in [3.8, 4) is 0 Å². The molecule has 0 aromatic carbocycles. The van der Waals surface area contributed by atoms with Crippen molar-refractivity contribution in [2.24, 2.45) is 0 Å². The molecule has 1 aromatic rings. The molecule has 0 amide bonds. The molecule has 0 atom stereocenters. The van der Waals surface area contributed by atoms with Gasteiger partial charge in [0.15, 0.2) is 0 Å². The number of aromatic nitrogens is 2. The van der Waals surface area contributed by atoms with E-state index < -0.39 is 0 Å². The molecule has 0 bridgehead atoms. The first-order valence-corrected chi connectivity index (χ1v) is 4.22. The molecule has 4 nitrogen and oxygen atoms in total. The summed E-state index contributed by atoms with van der Waals surface area (Å²) in [6, 6.07) is 0. The van der Waals surface area contributed by atoms with Gasteiger partial charge in [0.25, 0.3) is 5.90 Å². The first-order chi connectivity index (χ1) is 5.74. The molecule has 0 aliphatic carbocycles. The van der Waals surface area contributed by atoms with Gasteiger partial charge in [-0.2, -0.15) is 0 Å².